The lowest BCUT2D eigenvalue weighted by molar-refractivity contribution is -0.147. The Balaban J connectivity index is 0.000000691. The Labute approximate surface area is 656 Å². The molecule has 0 saturated carbocycles. The fourth-order valence-electron chi connectivity index (χ4n) is 12.0. The van der Waals surface area contributed by atoms with Crippen LogP contribution >= 0.6 is 11.8 Å². The largest absolute Gasteiger partial charge is 0.468 e. The number of nitrogens with zero attached hydrogens (tertiary/aromatic N) is 3. The van der Waals surface area contributed by atoms with E-state index in [2.05, 4.69) is 154 Å². The molecule has 0 saturated heterocycles. The molecule has 0 aliphatic heterocycles. The second kappa shape index (κ2) is 68.0. The molecule has 6 N–H and O–H groups in total. The number of rotatable bonds is 50. The number of halogens is 1. The zero-order chi connectivity index (χ0) is 78.8. The van der Waals surface area contributed by atoms with E-state index in [4.69, 9.17) is 27.4 Å². The number of carbonyl (C=O) groups excluding carboxylic acids is 3. The van der Waals surface area contributed by atoms with Gasteiger partial charge in [0.1, 0.15) is 18.4 Å². The number of aliphatic hydroxyl groups is 3. The lowest BCUT2D eigenvalue weighted by Crippen LogP contribution is -2.40. The fourth-order valence-corrected chi connectivity index (χ4v) is 12.1. The molecule has 0 spiro atoms. The summed E-state index contributed by atoms with van der Waals surface area (Å²) in [6.45, 7) is 23.1. The highest BCUT2D eigenvalue weighted by atomic mass is 35.5. The summed E-state index contributed by atoms with van der Waals surface area (Å²) in [5.74, 6) is -0.128. The standard InChI is InChI=1S/C32H51NO.C18H21NO2.C18H39NO.C17H19NO.C4H8ClNO2.C4H10O/c1-3-4-5-6-7-8-9-10-11-12-13-14-21-26-32(34)29(2)33(27-30-22-17-15-18-23-30)28-31-24-19-16-20-25-31;1-15(18(20)21-2)19(13-16-9-5-3-6-10-16)14-17-11-7-4-8-12-17;1-3-4-5-6-7-8-9-10-11-12-13-14-15-16-18(20)17(2)19;1-15(14-19)18(12-16-8-4-2-5-9-16)13-17-10-6-3-7-11-17;1-3(6-5)4(7)8-2;1-4(2)3-5/h15-20,22-25,29,32,34H,3-14,21,26-28H2,1-2H3;3-12,15H,13-14H2,1-2H3;17-18,20H,3-16,19H2,1-2H3;2-11,14-15H,12-13H2,1H3;3,6H,1-2H3;4-5H,3H2,1-2H3/t29-,32+;15-;17-,18+;15-;3-;/m00000./s1. The third-order valence-electron chi connectivity index (χ3n) is 19.3. The molecule has 0 unspecified atom stereocenters. The third kappa shape index (κ3) is 53.4. The number of carbonyl (C=O) groups is 3. The molecule has 0 radical (unpaired) electrons. The summed E-state index contributed by atoms with van der Waals surface area (Å²) in [6, 6.07) is 61.4. The van der Waals surface area contributed by atoms with Crippen LogP contribution in [0.4, 0.5) is 0 Å². The molecule has 7 atom stereocenters. The Bertz CT molecular complexity index is 2800. The second-order valence-electron chi connectivity index (χ2n) is 29.4. The molecular weight excluding hydrogens is 1350 g/mol. The van der Waals surface area contributed by atoms with Crippen LogP contribution in [0, 0.1) is 5.92 Å². The molecule has 0 amide bonds. The van der Waals surface area contributed by atoms with Crippen LogP contribution in [0.2, 0.25) is 0 Å². The van der Waals surface area contributed by atoms with Crippen molar-refractivity contribution in [3.05, 3.63) is 215 Å². The van der Waals surface area contributed by atoms with Gasteiger partial charge in [-0.15, -0.1) is 0 Å². The van der Waals surface area contributed by atoms with Gasteiger partial charge in [0.05, 0.1) is 32.5 Å². The van der Waals surface area contributed by atoms with Gasteiger partial charge in [-0.2, -0.15) is 0 Å². The van der Waals surface area contributed by atoms with E-state index in [0.29, 0.717) is 25.6 Å². The van der Waals surface area contributed by atoms with E-state index in [1.54, 1.807) is 6.92 Å². The Morgan fingerprint density at radius 3 is 0.869 bits per heavy atom. The van der Waals surface area contributed by atoms with Crippen LogP contribution in [-0.4, -0.2) is 111 Å². The third-order valence-corrected chi connectivity index (χ3v) is 19.6. The van der Waals surface area contributed by atoms with Crippen LogP contribution in [0.1, 0.15) is 275 Å². The monoisotopic (exact) mass is 1500 g/mol. The topological polar surface area (TPSA) is 178 Å². The van der Waals surface area contributed by atoms with Crippen molar-refractivity contribution in [2.24, 2.45) is 11.7 Å². The lowest BCUT2D eigenvalue weighted by atomic mass is 10.0. The van der Waals surface area contributed by atoms with E-state index in [-0.39, 0.29) is 48.3 Å². The molecule has 0 aliphatic rings. The van der Waals surface area contributed by atoms with E-state index >= 15 is 0 Å². The smallest absolute Gasteiger partial charge is 0.323 e. The quantitative estimate of drug-likeness (QED) is 0.0106. The number of benzene rings is 6. The van der Waals surface area contributed by atoms with Gasteiger partial charge in [0, 0.05) is 58.0 Å². The summed E-state index contributed by atoms with van der Waals surface area (Å²) < 4.78 is 9.20. The van der Waals surface area contributed by atoms with Gasteiger partial charge in [-0.05, 0) is 98.5 Å². The molecule has 0 fully saturated rings. The summed E-state index contributed by atoms with van der Waals surface area (Å²) >= 11 is 5.07. The molecule has 107 heavy (non-hydrogen) atoms. The minimum absolute atomic E-state index is 0.0765. The molecule has 0 bridgehead atoms. The molecule has 14 heteroatoms. The maximum atomic E-state index is 11.9. The highest BCUT2D eigenvalue weighted by Gasteiger charge is 2.24. The second-order valence-corrected chi connectivity index (χ2v) is 29.7. The molecule has 0 heterocycles. The number of nitrogens with one attached hydrogen (secondary N) is 1. The average molecular weight is 1500 g/mol. The minimum atomic E-state index is -0.429. The summed E-state index contributed by atoms with van der Waals surface area (Å²) in [6.07, 6.45) is 37.7. The number of hydrogen-bond acceptors (Lipinski definition) is 13. The van der Waals surface area contributed by atoms with Crippen LogP contribution in [0.3, 0.4) is 0 Å². The number of aldehydes is 1. The maximum absolute atomic E-state index is 11.9. The van der Waals surface area contributed by atoms with Crippen LogP contribution < -0.4 is 10.6 Å². The SMILES string of the molecule is CC(C)CO.CCCCCCCCCCCCCCC[C@@H](O)[C@H](C)N.CCCCCCCCCCCCCCC[C@@H](O)[C@H](C)N(Cc1ccccc1)Cc1ccccc1.COC(=O)[C@H](C)N(Cc1ccccc1)Cc1ccccc1.COC(=O)[C@H](C)NCl.C[C@@H](C=O)N(Cc1ccccc1)Cc1ccccc1. The highest BCUT2D eigenvalue weighted by molar-refractivity contribution is 6.14. The van der Waals surface area contributed by atoms with Gasteiger partial charge >= 0.3 is 11.9 Å². The van der Waals surface area contributed by atoms with Gasteiger partial charge in [-0.3, -0.25) is 24.3 Å². The van der Waals surface area contributed by atoms with Crippen LogP contribution in [0.5, 0.6) is 0 Å². The molecule has 600 valence electrons. The van der Waals surface area contributed by atoms with Crippen LogP contribution in [-0.2, 0) is 63.1 Å². The number of ether oxygens (including phenoxy) is 2. The fraction of sp³-hybridized carbons (Fsp3) is 0.581. The summed E-state index contributed by atoms with van der Waals surface area (Å²) in [4.78, 5) is 42.3. The predicted octanol–water partition coefficient (Wildman–Crippen LogP) is 21.5. The van der Waals surface area contributed by atoms with Crippen molar-refractivity contribution in [1.82, 2.24) is 19.5 Å². The number of nitrogens with two attached hydrogens (primary N) is 1. The Morgan fingerprint density at radius 2 is 0.645 bits per heavy atom. The Morgan fingerprint density at radius 1 is 0.402 bits per heavy atom. The van der Waals surface area contributed by atoms with Crippen molar-refractivity contribution in [2.45, 2.75) is 324 Å². The van der Waals surface area contributed by atoms with Crippen molar-refractivity contribution in [2.75, 3.05) is 20.8 Å². The van der Waals surface area contributed by atoms with Crippen LogP contribution in [0.25, 0.3) is 0 Å². The average Bonchev–Trinajstić information content (AvgIpc) is 0.877. The minimum Gasteiger partial charge on any atom is -0.468 e. The molecule has 0 aliphatic carbocycles. The number of hydrogen-bond donors (Lipinski definition) is 5. The maximum Gasteiger partial charge on any atom is 0.323 e. The first-order valence-electron chi connectivity index (χ1n) is 41.0. The van der Waals surface area contributed by atoms with E-state index in [1.165, 1.54) is 202 Å². The van der Waals surface area contributed by atoms with Crippen molar-refractivity contribution in [3.63, 3.8) is 0 Å². The molecule has 6 aromatic rings. The molecule has 6 aromatic carbocycles. The number of esters is 2. The highest BCUT2D eigenvalue weighted by Crippen LogP contribution is 2.22. The van der Waals surface area contributed by atoms with Gasteiger partial charge in [0.25, 0.3) is 0 Å². The van der Waals surface area contributed by atoms with E-state index in [1.807, 2.05) is 107 Å². The zero-order valence-electron chi connectivity index (χ0n) is 68.4. The molecular formula is C93H148ClN5O8. The number of unbranched alkanes of at least 4 members (excludes halogenated alkanes) is 24. The lowest BCUT2D eigenvalue weighted by Gasteiger charge is -2.32. The first-order chi connectivity index (χ1) is 51.9. The molecule has 0 aromatic heterocycles. The van der Waals surface area contributed by atoms with Gasteiger partial charge in [-0.25, -0.2) is 4.84 Å². The summed E-state index contributed by atoms with van der Waals surface area (Å²) in [5, 5.41) is 28.7. The number of methoxy groups -OCH3 is 2. The van der Waals surface area contributed by atoms with Crippen LogP contribution in [0.15, 0.2) is 182 Å². The van der Waals surface area contributed by atoms with E-state index < -0.39 is 6.04 Å². The summed E-state index contributed by atoms with van der Waals surface area (Å²) in [7, 11) is 2.75. The zero-order valence-corrected chi connectivity index (χ0v) is 69.2. The van der Waals surface area contributed by atoms with Crippen molar-refractivity contribution in [1.29, 1.82) is 0 Å². The van der Waals surface area contributed by atoms with E-state index in [9.17, 15) is 24.6 Å². The Hall–Kier alpha value is -6.10. The number of aliphatic hydroxyl groups excluding tert-OH is 3. The first-order valence-corrected chi connectivity index (χ1v) is 41.4. The predicted molar refractivity (Wildman–Crippen MR) is 452 cm³/mol. The van der Waals surface area contributed by atoms with Gasteiger partial charge in [-0.1, -0.05) is 377 Å². The molecule has 13 nitrogen and oxygen atoms in total. The normalized spacial score (nSPS) is 12.9. The van der Waals surface area contributed by atoms with Gasteiger partial charge in [0.15, 0.2) is 0 Å². The van der Waals surface area contributed by atoms with Crippen molar-refractivity contribution >= 4 is 30.0 Å². The van der Waals surface area contributed by atoms with E-state index in [0.717, 1.165) is 58.1 Å². The Kier molecular flexibility index (Phi) is 62.8. The summed E-state index contributed by atoms with van der Waals surface area (Å²) in [5.41, 5.74) is 13.1. The van der Waals surface area contributed by atoms with Crippen molar-refractivity contribution in [3.8, 4) is 0 Å². The first kappa shape index (κ1) is 98.9. The van der Waals surface area contributed by atoms with Gasteiger partial charge in [0.2, 0.25) is 0 Å². The molecule has 6 rings (SSSR count). The van der Waals surface area contributed by atoms with Crippen molar-refractivity contribution < 1.29 is 39.2 Å². The van der Waals surface area contributed by atoms with Gasteiger partial charge < -0.3 is 35.3 Å².